The molecule has 1 aromatic heterocycles. The lowest BCUT2D eigenvalue weighted by Crippen LogP contribution is -2.26. The van der Waals surface area contributed by atoms with E-state index in [-0.39, 0.29) is 6.61 Å². The van der Waals surface area contributed by atoms with E-state index in [1.54, 1.807) is 12.4 Å². The van der Waals surface area contributed by atoms with Crippen molar-refractivity contribution in [2.45, 2.75) is 39.2 Å². The van der Waals surface area contributed by atoms with Crippen LogP contribution in [0.15, 0.2) is 12.4 Å². The first-order valence-electron chi connectivity index (χ1n) is 6.50. The summed E-state index contributed by atoms with van der Waals surface area (Å²) in [6.07, 6.45) is 8.49. The Kier molecular flexibility index (Phi) is 4.31. The molecule has 4 nitrogen and oxygen atoms in total. The number of hydrogen-bond donors (Lipinski definition) is 1. The molecule has 1 aliphatic rings. The molecule has 1 fully saturated rings. The Balaban J connectivity index is 2.01. The van der Waals surface area contributed by atoms with Crippen molar-refractivity contribution >= 4 is 5.95 Å². The molecule has 1 N–H and O–H groups in total. The minimum absolute atomic E-state index is 0.0121. The second-order valence-corrected chi connectivity index (χ2v) is 4.74. The summed E-state index contributed by atoms with van der Waals surface area (Å²) in [5.41, 5.74) is 0.773. The summed E-state index contributed by atoms with van der Waals surface area (Å²) in [6, 6.07) is 0. The Morgan fingerprint density at radius 3 is 2.71 bits per heavy atom. The van der Waals surface area contributed by atoms with E-state index in [1.165, 1.54) is 25.7 Å². The molecular weight excluding hydrogens is 214 g/mol. The fraction of sp³-hybridized carbons (Fsp3) is 0.692. The quantitative estimate of drug-likeness (QED) is 0.870. The lowest BCUT2D eigenvalue weighted by molar-refractivity contribution is 0.281. The van der Waals surface area contributed by atoms with Crippen molar-refractivity contribution in [3.05, 3.63) is 18.0 Å². The van der Waals surface area contributed by atoms with Gasteiger partial charge in [0.05, 0.1) is 6.61 Å². The van der Waals surface area contributed by atoms with Gasteiger partial charge in [0.1, 0.15) is 0 Å². The van der Waals surface area contributed by atoms with Crippen molar-refractivity contribution in [2.24, 2.45) is 5.92 Å². The number of aliphatic hydroxyl groups is 1. The van der Waals surface area contributed by atoms with Crippen LogP contribution in [0.25, 0.3) is 0 Å². The van der Waals surface area contributed by atoms with Crippen LogP contribution in [0, 0.1) is 5.92 Å². The van der Waals surface area contributed by atoms with Crippen LogP contribution in [0.5, 0.6) is 0 Å². The van der Waals surface area contributed by atoms with Gasteiger partial charge < -0.3 is 10.0 Å². The topological polar surface area (TPSA) is 49.2 Å². The van der Waals surface area contributed by atoms with E-state index in [4.69, 9.17) is 5.11 Å². The van der Waals surface area contributed by atoms with Crippen LogP contribution in [-0.2, 0) is 6.61 Å². The van der Waals surface area contributed by atoms with Crippen molar-refractivity contribution in [3.8, 4) is 0 Å². The molecule has 0 aromatic carbocycles. The SMILES string of the molecule is CCC1CCCN(c2ncc(CO)cn2)CC1. The highest BCUT2D eigenvalue weighted by Gasteiger charge is 2.17. The zero-order valence-corrected chi connectivity index (χ0v) is 10.5. The molecule has 0 amide bonds. The first-order valence-corrected chi connectivity index (χ1v) is 6.50. The van der Waals surface area contributed by atoms with E-state index >= 15 is 0 Å². The average Bonchev–Trinajstić information content (AvgIpc) is 2.64. The van der Waals surface area contributed by atoms with Gasteiger partial charge in [-0.1, -0.05) is 13.3 Å². The summed E-state index contributed by atoms with van der Waals surface area (Å²) in [4.78, 5) is 10.9. The fourth-order valence-electron chi connectivity index (χ4n) is 2.37. The van der Waals surface area contributed by atoms with Crippen molar-refractivity contribution in [1.29, 1.82) is 0 Å². The minimum Gasteiger partial charge on any atom is -0.392 e. The third-order valence-electron chi connectivity index (χ3n) is 3.58. The van der Waals surface area contributed by atoms with Crippen LogP contribution < -0.4 is 4.90 Å². The zero-order valence-electron chi connectivity index (χ0n) is 10.5. The van der Waals surface area contributed by atoms with Gasteiger partial charge in [0.25, 0.3) is 0 Å². The van der Waals surface area contributed by atoms with E-state index in [2.05, 4.69) is 21.8 Å². The highest BCUT2D eigenvalue weighted by atomic mass is 16.3. The van der Waals surface area contributed by atoms with Gasteiger partial charge in [-0.15, -0.1) is 0 Å². The normalized spacial score (nSPS) is 21.3. The van der Waals surface area contributed by atoms with E-state index < -0.39 is 0 Å². The Hall–Kier alpha value is -1.16. The Bertz CT molecular complexity index is 339. The Morgan fingerprint density at radius 2 is 2.06 bits per heavy atom. The average molecular weight is 235 g/mol. The molecule has 0 aliphatic carbocycles. The summed E-state index contributed by atoms with van der Waals surface area (Å²) in [5.74, 6) is 1.66. The molecule has 0 saturated carbocycles. The standard InChI is InChI=1S/C13H21N3O/c1-2-11-4-3-6-16(7-5-11)13-14-8-12(10-17)9-15-13/h8-9,11,17H,2-7,10H2,1H3. The monoisotopic (exact) mass is 235 g/mol. The largest absolute Gasteiger partial charge is 0.392 e. The Labute approximate surface area is 103 Å². The van der Waals surface area contributed by atoms with Crippen LogP contribution in [0.4, 0.5) is 5.95 Å². The minimum atomic E-state index is 0.0121. The molecule has 1 aliphatic heterocycles. The first kappa shape index (κ1) is 12.3. The van der Waals surface area contributed by atoms with Gasteiger partial charge in [-0.3, -0.25) is 0 Å². The molecule has 1 atom stereocenters. The van der Waals surface area contributed by atoms with Gasteiger partial charge in [-0.2, -0.15) is 0 Å². The van der Waals surface area contributed by atoms with Gasteiger partial charge >= 0.3 is 0 Å². The summed E-state index contributed by atoms with van der Waals surface area (Å²) in [6.45, 7) is 4.39. The maximum atomic E-state index is 8.96. The third kappa shape index (κ3) is 3.16. The fourth-order valence-corrected chi connectivity index (χ4v) is 2.37. The van der Waals surface area contributed by atoms with E-state index in [1.807, 2.05) is 0 Å². The second kappa shape index (κ2) is 5.96. The number of anilines is 1. The summed E-state index contributed by atoms with van der Waals surface area (Å²) >= 11 is 0. The van der Waals surface area contributed by atoms with Crippen molar-refractivity contribution in [3.63, 3.8) is 0 Å². The Morgan fingerprint density at radius 1 is 1.29 bits per heavy atom. The molecule has 0 radical (unpaired) electrons. The number of aliphatic hydroxyl groups excluding tert-OH is 1. The van der Waals surface area contributed by atoms with E-state index in [9.17, 15) is 0 Å². The third-order valence-corrected chi connectivity index (χ3v) is 3.58. The van der Waals surface area contributed by atoms with Gasteiger partial charge in [0.15, 0.2) is 0 Å². The molecule has 1 saturated heterocycles. The summed E-state index contributed by atoms with van der Waals surface area (Å²) in [5, 5.41) is 8.96. The predicted octanol–water partition coefficient (Wildman–Crippen LogP) is 1.99. The van der Waals surface area contributed by atoms with E-state index in [0.29, 0.717) is 0 Å². The van der Waals surface area contributed by atoms with E-state index in [0.717, 1.165) is 30.5 Å². The number of rotatable bonds is 3. The molecule has 94 valence electrons. The van der Waals surface area contributed by atoms with Crippen LogP contribution in [0.3, 0.4) is 0 Å². The molecule has 2 heterocycles. The molecule has 17 heavy (non-hydrogen) atoms. The van der Waals surface area contributed by atoms with Gasteiger partial charge in [-0.25, -0.2) is 9.97 Å². The lowest BCUT2D eigenvalue weighted by Gasteiger charge is -2.20. The van der Waals surface area contributed by atoms with Gasteiger partial charge in [-0.05, 0) is 25.2 Å². The number of aromatic nitrogens is 2. The van der Waals surface area contributed by atoms with Crippen LogP contribution in [0.2, 0.25) is 0 Å². The van der Waals surface area contributed by atoms with Crippen molar-refractivity contribution < 1.29 is 5.11 Å². The number of nitrogens with zero attached hydrogens (tertiary/aromatic N) is 3. The van der Waals surface area contributed by atoms with Crippen LogP contribution >= 0.6 is 0 Å². The zero-order chi connectivity index (χ0) is 12.1. The molecule has 4 heteroatoms. The maximum Gasteiger partial charge on any atom is 0.225 e. The highest BCUT2D eigenvalue weighted by molar-refractivity contribution is 5.29. The first-order chi connectivity index (χ1) is 8.33. The van der Waals surface area contributed by atoms with Crippen LogP contribution in [-0.4, -0.2) is 28.2 Å². The van der Waals surface area contributed by atoms with Gasteiger partial charge in [0.2, 0.25) is 5.95 Å². The van der Waals surface area contributed by atoms with Crippen molar-refractivity contribution in [2.75, 3.05) is 18.0 Å². The summed E-state index contributed by atoms with van der Waals surface area (Å²) < 4.78 is 0. The smallest absolute Gasteiger partial charge is 0.225 e. The lowest BCUT2D eigenvalue weighted by atomic mass is 9.98. The van der Waals surface area contributed by atoms with Crippen LogP contribution in [0.1, 0.15) is 38.2 Å². The molecule has 0 bridgehead atoms. The molecule has 2 rings (SSSR count). The van der Waals surface area contributed by atoms with Crippen molar-refractivity contribution in [1.82, 2.24) is 9.97 Å². The second-order valence-electron chi connectivity index (χ2n) is 4.74. The molecule has 0 spiro atoms. The molecular formula is C13H21N3O. The number of hydrogen-bond acceptors (Lipinski definition) is 4. The summed E-state index contributed by atoms with van der Waals surface area (Å²) in [7, 11) is 0. The molecule has 1 aromatic rings. The predicted molar refractivity (Wildman–Crippen MR) is 67.8 cm³/mol. The molecule has 1 unspecified atom stereocenters. The van der Waals surface area contributed by atoms with Gasteiger partial charge in [0, 0.05) is 31.0 Å². The highest BCUT2D eigenvalue weighted by Crippen LogP contribution is 2.22. The maximum absolute atomic E-state index is 8.96.